The van der Waals surface area contributed by atoms with Gasteiger partial charge in [0.15, 0.2) is 0 Å². The largest absolute Gasteiger partial charge is 0.462 e. The van der Waals surface area contributed by atoms with Crippen molar-refractivity contribution in [3.05, 3.63) is 12.2 Å². The number of β-amino-alcohol motifs (C(OH)–C–C–N with tert-alkyl or cyclic N) is 1. The topological polar surface area (TPSA) is 58.6 Å². The maximum Gasteiger partial charge on any atom is 0.293 e. The Hall–Kier alpha value is -0.870. The number of rotatable bonds is 1. The van der Waals surface area contributed by atoms with Crippen LogP contribution in [0.5, 0.6) is 0 Å². The third-order valence-corrected chi connectivity index (χ3v) is 1.83. The van der Waals surface area contributed by atoms with Gasteiger partial charge in [0.05, 0.1) is 6.10 Å². The van der Waals surface area contributed by atoms with E-state index in [4.69, 9.17) is 5.11 Å². The van der Waals surface area contributed by atoms with Crippen molar-refractivity contribution in [1.82, 2.24) is 5.32 Å². The standard InChI is InChI=1S/C6H11NO.C5H10O2/c1-5-2-3-7-4-6(5)8;1-5(2,3)7-4-6/h6-8H,1-4H2;4H,1-3H3. The molecule has 0 radical (unpaired) electrons. The summed E-state index contributed by atoms with van der Waals surface area (Å²) in [6.07, 6.45) is 0.616. The summed E-state index contributed by atoms with van der Waals surface area (Å²) < 4.78 is 4.55. The number of hydrogen-bond acceptors (Lipinski definition) is 4. The molecule has 88 valence electrons. The van der Waals surface area contributed by atoms with E-state index in [1.54, 1.807) is 0 Å². The molecule has 1 fully saturated rings. The summed E-state index contributed by atoms with van der Waals surface area (Å²) in [7, 11) is 0. The van der Waals surface area contributed by atoms with Gasteiger partial charge in [0.2, 0.25) is 0 Å². The lowest BCUT2D eigenvalue weighted by atomic mass is 10.1. The van der Waals surface area contributed by atoms with Crippen molar-refractivity contribution in [2.75, 3.05) is 13.1 Å². The van der Waals surface area contributed by atoms with Crippen LogP contribution in [-0.4, -0.2) is 36.4 Å². The minimum absolute atomic E-state index is 0.302. The van der Waals surface area contributed by atoms with Crippen molar-refractivity contribution in [2.45, 2.75) is 38.9 Å². The van der Waals surface area contributed by atoms with Crippen molar-refractivity contribution in [3.8, 4) is 0 Å². The maximum absolute atomic E-state index is 9.60. The second kappa shape index (κ2) is 6.58. The van der Waals surface area contributed by atoms with E-state index in [1.165, 1.54) is 0 Å². The number of aliphatic hydroxyl groups excluding tert-OH is 1. The Balaban J connectivity index is 0.000000265. The average molecular weight is 215 g/mol. The lowest BCUT2D eigenvalue weighted by Crippen LogP contribution is -2.34. The Bertz CT molecular complexity index is 208. The maximum atomic E-state index is 9.60. The fourth-order valence-corrected chi connectivity index (χ4v) is 0.943. The monoisotopic (exact) mass is 215 g/mol. The first kappa shape index (κ1) is 14.1. The van der Waals surface area contributed by atoms with E-state index in [0.717, 1.165) is 18.5 Å². The molecular formula is C11H21NO3. The summed E-state index contributed by atoms with van der Waals surface area (Å²) in [4.78, 5) is 9.60. The van der Waals surface area contributed by atoms with Gasteiger partial charge in [0, 0.05) is 6.54 Å². The van der Waals surface area contributed by atoms with E-state index in [2.05, 4.69) is 16.6 Å². The van der Waals surface area contributed by atoms with Crippen LogP contribution in [0.4, 0.5) is 0 Å². The zero-order valence-electron chi connectivity index (χ0n) is 9.75. The Kier molecular flexibility index (Phi) is 6.20. The SMILES string of the molecule is C=C1CCNCC1O.CC(C)(C)OC=O. The molecule has 4 heteroatoms. The van der Waals surface area contributed by atoms with Gasteiger partial charge in [0.25, 0.3) is 6.47 Å². The number of nitrogens with one attached hydrogen (secondary N) is 1. The highest BCUT2D eigenvalue weighted by atomic mass is 16.5. The van der Waals surface area contributed by atoms with Crippen molar-refractivity contribution in [3.63, 3.8) is 0 Å². The quantitative estimate of drug-likeness (QED) is 0.503. The molecule has 1 rings (SSSR count). The van der Waals surface area contributed by atoms with E-state index in [1.807, 2.05) is 20.8 Å². The van der Waals surface area contributed by atoms with E-state index in [9.17, 15) is 4.79 Å². The van der Waals surface area contributed by atoms with Gasteiger partial charge in [-0.15, -0.1) is 0 Å². The summed E-state index contributed by atoms with van der Waals surface area (Å²) in [5.74, 6) is 0. The zero-order chi connectivity index (χ0) is 11.9. The molecule has 1 unspecified atom stereocenters. The number of piperidine rings is 1. The minimum atomic E-state index is -0.318. The van der Waals surface area contributed by atoms with Crippen LogP contribution in [0.1, 0.15) is 27.2 Å². The first-order valence-electron chi connectivity index (χ1n) is 5.04. The van der Waals surface area contributed by atoms with E-state index in [-0.39, 0.29) is 11.7 Å². The van der Waals surface area contributed by atoms with Crippen molar-refractivity contribution < 1.29 is 14.6 Å². The van der Waals surface area contributed by atoms with Crippen molar-refractivity contribution >= 4 is 6.47 Å². The molecule has 0 spiro atoms. The van der Waals surface area contributed by atoms with Gasteiger partial charge in [-0.05, 0) is 39.3 Å². The average Bonchev–Trinajstić information content (AvgIpc) is 2.09. The predicted molar refractivity (Wildman–Crippen MR) is 59.5 cm³/mol. The molecule has 0 saturated carbocycles. The number of ether oxygens (including phenoxy) is 1. The van der Waals surface area contributed by atoms with Gasteiger partial charge < -0.3 is 15.2 Å². The summed E-state index contributed by atoms with van der Waals surface area (Å²) in [5.41, 5.74) is 0.644. The molecule has 4 nitrogen and oxygen atoms in total. The molecule has 1 saturated heterocycles. The fourth-order valence-electron chi connectivity index (χ4n) is 0.943. The summed E-state index contributed by atoms with van der Waals surface area (Å²) in [6, 6.07) is 0. The van der Waals surface area contributed by atoms with Crippen LogP contribution >= 0.6 is 0 Å². The van der Waals surface area contributed by atoms with Crippen LogP contribution < -0.4 is 5.32 Å². The first-order chi connectivity index (χ1) is 6.87. The first-order valence-corrected chi connectivity index (χ1v) is 5.04. The molecule has 0 bridgehead atoms. The number of hydrogen-bond donors (Lipinski definition) is 2. The highest BCUT2D eigenvalue weighted by Gasteiger charge is 2.11. The second-order valence-electron chi connectivity index (χ2n) is 4.45. The molecule has 0 aromatic heterocycles. The molecule has 1 heterocycles. The molecule has 0 aromatic carbocycles. The number of aliphatic hydroxyl groups is 1. The van der Waals surface area contributed by atoms with Crippen LogP contribution in [0.25, 0.3) is 0 Å². The predicted octanol–water partition coefficient (Wildman–Crippen LogP) is 0.855. The third kappa shape index (κ3) is 8.15. The Morgan fingerprint density at radius 2 is 2.20 bits per heavy atom. The van der Waals surface area contributed by atoms with E-state index < -0.39 is 0 Å². The van der Waals surface area contributed by atoms with Gasteiger partial charge in [-0.2, -0.15) is 0 Å². The van der Waals surface area contributed by atoms with Crippen LogP contribution in [0.2, 0.25) is 0 Å². The van der Waals surface area contributed by atoms with Crippen LogP contribution in [0, 0.1) is 0 Å². The molecule has 0 aliphatic carbocycles. The molecule has 2 N–H and O–H groups in total. The summed E-state index contributed by atoms with van der Waals surface area (Å²) in [6.45, 7) is 11.3. The highest BCUT2D eigenvalue weighted by molar-refractivity contribution is 5.37. The smallest absolute Gasteiger partial charge is 0.293 e. The molecular weight excluding hydrogens is 194 g/mol. The third-order valence-electron chi connectivity index (χ3n) is 1.83. The summed E-state index contributed by atoms with van der Waals surface area (Å²) in [5, 5.41) is 12.1. The van der Waals surface area contributed by atoms with E-state index in [0.29, 0.717) is 13.0 Å². The normalized spacial score (nSPS) is 21.3. The van der Waals surface area contributed by atoms with Crippen LogP contribution in [0.3, 0.4) is 0 Å². The van der Waals surface area contributed by atoms with Gasteiger partial charge in [-0.25, -0.2) is 0 Å². The zero-order valence-corrected chi connectivity index (χ0v) is 9.75. The van der Waals surface area contributed by atoms with Crippen molar-refractivity contribution in [1.29, 1.82) is 0 Å². The van der Waals surface area contributed by atoms with Gasteiger partial charge in [0.1, 0.15) is 5.60 Å². The van der Waals surface area contributed by atoms with Crippen LogP contribution in [-0.2, 0) is 9.53 Å². The molecule has 1 aliphatic rings. The summed E-state index contributed by atoms with van der Waals surface area (Å²) >= 11 is 0. The highest BCUT2D eigenvalue weighted by Crippen LogP contribution is 2.06. The van der Waals surface area contributed by atoms with Gasteiger partial charge in [-0.1, -0.05) is 6.58 Å². The van der Waals surface area contributed by atoms with Gasteiger partial charge in [-0.3, -0.25) is 4.79 Å². The fraction of sp³-hybridized carbons (Fsp3) is 0.727. The Morgan fingerprint density at radius 1 is 1.60 bits per heavy atom. The molecule has 0 aromatic rings. The number of carbonyl (C=O) groups is 1. The Morgan fingerprint density at radius 3 is 2.40 bits per heavy atom. The minimum Gasteiger partial charge on any atom is -0.462 e. The molecule has 0 amide bonds. The Labute approximate surface area is 91.3 Å². The molecule has 15 heavy (non-hydrogen) atoms. The lowest BCUT2D eigenvalue weighted by Gasteiger charge is -2.19. The van der Waals surface area contributed by atoms with E-state index >= 15 is 0 Å². The van der Waals surface area contributed by atoms with Gasteiger partial charge >= 0.3 is 0 Å². The number of carbonyl (C=O) groups excluding carboxylic acids is 1. The van der Waals surface area contributed by atoms with Crippen molar-refractivity contribution in [2.24, 2.45) is 0 Å². The van der Waals surface area contributed by atoms with Crippen LogP contribution in [0.15, 0.2) is 12.2 Å². The second-order valence-corrected chi connectivity index (χ2v) is 4.45. The lowest BCUT2D eigenvalue weighted by molar-refractivity contribution is -0.138. The molecule has 1 atom stereocenters. The molecule has 1 aliphatic heterocycles.